The summed E-state index contributed by atoms with van der Waals surface area (Å²) in [6.07, 6.45) is 0. The van der Waals surface area contributed by atoms with Crippen LogP contribution in [-0.2, 0) is 16.2 Å². The first-order valence-electron chi connectivity index (χ1n) is 7.75. The lowest BCUT2D eigenvalue weighted by Crippen LogP contribution is -2.33. The van der Waals surface area contributed by atoms with Crippen molar-refractivity contribution in [1.82, 2.24) is 5.48 Å². The molecule has 0 heterocycles. The largest absolute Gasteiger partial charge is 0.488 e. The zero-order chi connectivity index (χ0) is 18.4. The zero-order valence-corrected chi connectivity index (χ0v) is 15.9. The smallest absolute Gasteiger partial charge is 0.337 e. The third kappa shape index (κ3) is 5.60. The van der Waals surface area contributed by atoms with Crippen molar-refractivity contribution in [1.29, 1.82) is 0 Å². The number of hydrogen-bond donors (Lipinski definition) is 1. The highest BCUT2D eigenvalue weighted by molar-refractivity contribution is 9.10. The number of nitrogens with one attached hydrogen (secondary N) is 1. The Morgan fingerprint density at radius 1 is 1.08 bits per heavy atom. The molecule has 2 aromatic rings. The number of halogens is 1. The van der Waals surface area contributed by atoms with Crippen molar-refractivity contribution in [3.8, 4) is 5.75 Å². The summed E-state index contributed by atoms with van der Waals surface area (Å²) >= 11 is 3.36. The first-order valence-corrected chi connectivity index (χ1v) is 8.54. The molecule has 2 aromatic carbocycles. The van der Waals surface area contributed by atoms with Crippen molar-refractivity contribution in [2.24, 2.45) is 5.41 Å². The number of carbonyl (C=O) groups excluding carboxylic acids is 2. The monoisotopic (exact) mass is 405 g/mol. The van der Waals surface area contributed by atoms with Gasteiger partial charge >= 0.3 is 5.97 Å². The second-order valence-corrected chi connectivity index (χ2v) is 7.40. The van der Waals surface area contributed by atoms with Crippen LogP contribution in [-0.4, -0.2) is 11.9 Å². The fourth-order valence-electron chi connectivity index (χ4n) is 1.84. The maximum atomic E-state index is 12.3. The minimum Gasteiger partial charge on any atom is -0.488 e. The Balaban J connectivity index is 2.09. The Hall–Kier alpha value is -2.34. The number of hydroxylamine groups is 1. The molecule has 5 nitrogen and oxygen atoms in total. The summed E-state index contributed by atoms with van der Waals surface area (Å²) < 4.78 is 6.54. The van der Waals surface area contributed by atoms with Gasteiger partial charge in [0.1, 0.15) is 12.4 Å². The Kier molecular flexibility index (Phi) is 6.20. The van der Waals surface area contributed by atoms with Crippen LogP contribution in [0.15, 0.2) is 53.0 Å². The number of rotatable bonds is 4. The van der Waals surface area contributed by atoms with Crippen LogP contribution in [0.1, 0.15) is 36.7 Å². The predicted molar refractivity (Wildman–Crippen MR) is 97.9 cm³/mol. The van der Waals surface area contributed by atoms with E-state index in [0.717, 1.165) is 10.0 Å². The van der Waals surface area contributed by atoms with Crippen LogP contribution in [0.4, 0.5) is 0 Å². The second-order valence-electron chi connectivity index (χ2n) is 6.49. The van der Waals surface area contributed by atoms with E-state index in [1.807, 2.05) is 30.3 Å². The quantitative estimate of drug-likeness (QED) is 0.771. The van der Waals surface area contributed by atoms with Crippen molar-refractivity contribution in [2.45, 2.75) is 27.4 Å². The molecule has 2 rings (SSSR count). The van der Waals surface area contributed by atoms with E-state index in [2.05, 4.69) is 21.4 Å². The van der Waals surface area contributed by atoms with Crippen molar-refractivity contribution < 1.29 is 19.2 Å². The van der Waals surface area contributed by atoms with E-state index >= 15 is 0 Å². The SMILES string of the molecule is CC(C)(C)C(=O)ONC(=O)c1ccc(Br)cc1OCc1ccccc1. The predicted octanol–water partition coefficient (Wildman–Crippen LogP) is 4.26. The van der Waals surface area contributed by atoms with Gasteiger partial charge in [-0.1, -0.05) is 46.3 Å². The summed E-state index contributed by atoms with van der Waals surface area (Å²) in [5, 5.41) is 0. The van der Waals surface area contributed by atoms with Crippen LogP contribution >= 0.6 is 15.9 Å². The Bertz CT molecular complexity index is 754. The molecule has 0 saturated heterocycles. The minimum absolute atomic E-state index is 0.279. The van der Waals surface area contributed by atoms with Crippen molar-refractivity contribution >= 4 is 27.8 Å². The zero-order valence-electron chi connectivity index (χ0n) is 14.3. The number of hydrogen-bond acceptors (Lipinski definition) is 4. The van der Waals surface area contributed by atoms with Gasteiger partial charge in [-0.2, -0.15) is 5.48 Å². The van der Waals surface area contributed by atoms with Crippen molar-refractivity contribution in [3.63, 3.8) is 0 Å². The minimum atomic E-state index is -0.709. The fraction of sp³-hybridized carbons (Fsp3) is 0.263. The highest BCUT2D eigenvalue weighted by Crippen LogP contribution is 2.25. The summed E-state index contributed by atoms with van der Waals surface area (Å²) in [4.78, 5) is 29.0. The topological polar surface area (TPSA) is 64.6 Å². The molecule has 0 bridgehead atoms. The molecule has 0 spiro atoms. The van der Waals surface area contributed by atoms with Gasteiger partial charge in [0.25, 0.3) is 5.91 Å². The summed E-state index contributed by atoms with van der Waals surface area (Å²) in [5.74, 6) is -0.680. The first-order chi connectivity index (χ1) is 11.8. The van der Waals surface area contributed by atoms with Crippen LogP contribution in [0.25, 0.3) is 0 Å². The first kappa shape index (κ1) is 19.0. The van der Waals surface area contributed by atoms with E-state index in [-0.39, 0.29) is 5.56 Å². The maximum absolute atomic E-state index is 12.3. The fourth-order valence-corrected chi connectivity index (χ4v) is 2.18. The van der Waals surface area contributed by atoms with Crippen LogP contribution < -0.4 is 10.2 Å². The normalized spacial score (nSPS) is 10.9. The van der Waals surface area contributed by atoms with Gasteiger partial charge in [-0.15, -0.1) is 0 Å². The van der Waals surface area contributed by atoms with Gasteiger partial charge in [0, 0.05) is 4.47 Å². The summed E-state index contributed by atoms with van der Waals surface area (Å²) in [5.41, 5.74) is 2.73. The van der Waals surface area contributed by atoms with Crippen LogP contribution in [0, 0.1) is 5.41 Å². The number of carbonyl (C=O) groups is 2. The summed E-state index contributed by atoms with van der Waals surface area (Å²) in [6.45, 7) is 5.43. The molecule has 25 heavy (non-hydrogen) atoms. The molecular weight excluding hydrogens is 386 g/mol. The molecule has 0 radical (unpaired) electrons. The molecule has 6 heteroatoms. The number of benzene rings is 2. The lowest BCUT2D eigenvalue weighted by Gasteiger charge is -2.17. The average Bonchev–Trinajstić information content (AvgIpc) is 2.57. The van der Waals surface area contributed by atoms with Crippen molar-refractivity contribution in [2.75, 3.05) is 0 Å². The van der Waals surface area contributed by atoms with Gasteiger partial charge in [-0.25, -0.2) is 4.79 Å². The van der Waals surface area contributed by atoms with Crippen LogP contribution in [0.2, 0.25) is 0 Å². The second kappa shape index (κ2) is 8.16. The Morgan fingerprint density at radius 3 is 2.40 bits per heavy atom. The molecule has 0 aromatic heterocycles. The molecule has 1 N–H and O–H groups in total. The Labute approximate surface area is 155 Å². The molecule has 0 aliphatic carbocycles. The summed E-state index contributed by atoms with van der Waals surface area (Å²) in [6, 6.07) is 14.6. The molecule has 0 unspecified atom stereocenters. The number of ether oxygens (including phenoxy) is 1. The molecule has 0 saturated carbocycles. The van der Waals surface area contributed by atoms with Gasteiger partial charge < -0.3 is 9.57 Å². The molecule has 0 aliphatic heterocycles. The van der Waals surface area contributed by atoms with Gasteiger partial charge in [-0.05, 0) is 44.5 Å². The molecular formula is C19H20BrNO4. The molecule has 0 fully saturated rings. The van der Waals surface area contributed by atoms with E-state index in [9.17, 15) is 9.59 Å². The Morgan fingerprint density at radius 2 is 1.76 bits per heavy atom. The molecule has 0 aliphatic rings. The maximum Gasteiger partial charge on any atom is 0.337 e. The highest BCUT2D eigenvalue weighted by Gasteiger charge is 2.25. The molecule has 1 amide bonds. The van der Waals surface area contributed by atoms with Crippen LogP contribution in [0.3, 0.4) is 0 Å². The molecule has 132 valence electrons. The standard InChI is InChI=1S/C19H20BrNO4/c1-19(2,3)18(23)25-21-17(22)15-10-9-14(20)11-16(15)24-12-13-7-5-4-6-8-13/h4-11H,12H2,1-3H3,(H,21,22). The van der Waals surface area contributed by atoms with E-state index in [4.69, 9.17) is 9.57 Å². The van der Waals surface area contributed by atoms with Gasteiger partial charge in [-0.3, -0.25) is 4.79 Å². The van der Waals surface area contributed by atoms with Gasteiger partial charge in [0.2, 0.25) is 0 Å². The number of amides is 1. The van der Waals surface area contributed by atoms with E-state index in [1.165, 1.54) is 0 Å². The highest BCUT2D eigenvalue weighted by atomic mass is 79.9. The average molecular weight is 406 g/mol. The van der Waals surface area contributed by atoms with E-state index in [0.29, 0.717) is 12.4 Å². The van der Waals surface area contributed by atoms with E-state index in [1.54, 1.807) is 39.0 Å². The third-order valence-corrected chi connectivity index (χ3v) is 3.77. The van der Waals surface area contributed by atoms with Gasteiger partial charge in [0.05, 0.1) is 11.0 Å². The lowest BCUT2D eigenvalue weighted by atomic mass is 9.98. The third-order valence-electron chi connectivity index (χ3n) is 3.27. The van der Waals surface area contributed by atoms with Crippen LogP contribution in [0.5, 0.6) is 5.75 Å². The summed E-state index contributed by atoms with van der Waals surface area (Å²) in [7, 11) is 0. The molecule has 0 atom stereocenters. The van der Waals surface area contributed by atoms with Crippen molar-refractivity contribution in [3.05, 3.63) is 64.1 Å². The van der Waals surface area contributed by atoms with E-state index < -0.39 is 17.3 Å². The van der Waals surface area contributed by atoms with Gasteiger partial charge in [0.15, 0.2) is 0 Å². The lowest BCUT2D eigenvalue weighted by molar-refractivity contribution is -0.158.